The second-order valence-electron chi connectivity index (χ2n) is 6.63. The minimum atomic E-state index is -1.25. The Labute approximate surface area is 171 Å². The molecule has 3 aromatic rings. The standard InChI is InChI=1S/C19H19Cl2N3O4/c20-11-6-13-14(7-12(11)21)24(18-17(27)16(26)15(9-25)28-18)19(23-13)22-8-10-4-2-1-3-5-10/h1-7,15-18,25-27H,8-9H2,(H,22,23)/t15-,16-,17-,18-/m1/s1. The van der Waals surface area contributed by atoms with E-state index in [1.54, 1.807) is 16.7 Å². The molecule has 1 saturated heterocycles. The van der Waals surface area contributed by atoms with Crippen LogP contribution in [0.1, 0.15) is 11.8 Å². The van der Waals surface area contributed by atoms with Crippen LogP contribution >= 0.6 is 23.2 Å². The first kappa shape index (κ1) is 19.4. The third kappa shape index (κ3) is 3.45. The van der Waals surface area contributed by atoms with E-state index >= 15 is 0 Å². The van der Waals surface area contributed by atoms with Crippen LogP contribution in [0.3, 0.4) is 0 Å². The normalized spacial score (nSPS) is 24.8. The molecule has 2 aromatic carbocycles. The van der Waals surface area contributed by atoms with Gasteiger partial charge in [0.05, 0.1) is 27.7 Å². The van der Waals surface area contributed by atoms with E-state index in [4.69, 9.17) is 27.9 Å². The lowest BCUT2D eigenvalue weighted by atomic mass is 10.1. The highest BCUT2D eigenvalue weighted by Gasteiger charge is 2.44. The number of aliphatic hydroxyl groups excluding tert-OH is 3. The Morgan fingerprint density at radius 3 is 2.46 bits per heavy atom. The van der Waals surface area contributed by atoms with Crippen LogP contribution in [0, 0.1) is 0 Å². The molecule has 148 valence electrons. The van der Waals surface area contributed by atoms with Crippen molar-refractivity contribution in [2.45, 2.75) is 31.1 Å². The van der Waals surface area contributed by atoms with Gasteiger partial charge in [-0.25, -0.2) is 4.98 Å². The molecule has 0 spiro atoms. The van der Waals surface area contributed by atoms with Crippen LogP contribution < -0.4 is 5.32 Å². The molecule has 9 heteroatoms. The largest absolute Gasteiger partial charge is 0.394 e. The van der Waals surface area contributed by atoms with Crippen molar-refractivity contribution in [3.63, 3.8) is 0 Å². The number of imidazole rings is 1. The van der Waals surface area contributed by atoms with Gasteiger partial charge in [0.2, 0.25) is 5.95 Å². The fourth-order valence-electron chi connectivity index (χ4n) is 3.34. The lowest BCUT2D eigenvalue weighted by Gasteiger charge is -2.20. The second kappa shape index (κ2) is 7.87. The number of halogens is 2. The summed E-state index contributed by atoms with van der Waals surface area (Å²) in [4.78, 5) is 4.56. The summed E-state index contributed by atoms with van der Waals surface area (Å²) < 4.78 is 7.34. The van der Waals surface area contributed by atoms with Gasteiger partial charge in [-0.1, -0.05) is 53.5 Å². The first-order valence-electron chi connectivity index (χ1n) is 8.77. The van der Waals surface area contributed by atoms with Crippen molar-refractivity contribution in [3.8, 4) is 0 Å². The van der Waals surface area contributed by atoms with E-state index in [2.05, 4.69) is 10.3 Å². The number of anilines is 1. The first-order valence-corrected chi connectivity index (χ1v) is 9.52. The molecular weight excluding hydrogens is 405 g/mol. The highest BCUT2D eigenvalue weighted by Crippen LogP contribution is 2.37. The molecule has 28 heavy (non-hydrogen) atoms. The summed E-state index contributed by atoms with van der Waals surface area (Å²) in [6.07, 6.45) is -4.33. The quantitative estimate of drug-likeness (QED) is 0.503. The number of nitrogens with one attached hydrogen (secondary N) is 1. The maximum Gasteiger partial charge on any atom is 0.206 e. The molecule has 4 rings (SSSR count). The molecule has 0 radical (unpaired) electrons. The Balaban J connectivity index is 1.76. The van der Waals surface area contributed by atoms with Gasteiger partial charge in [-0.15, -0.1) is 0 Å². The van der Waals surface area contributed by atoms with Crippen LogP contribution in [0.15, 0.2) is 42.5 Å². The van der Waals surface area contributed by atoms with Crippen LogP contribution in [-0.2, 0) is 11.3 Å². The average Bonchev–Trinajstić information content (AvgIpc) is 3.18. The van der Waals surface area contributed by atoms with Gasteiger partial charge in [0, 0.05) is 6.54 Å². The Hall–Kier alpha value is -1.87. The van der Waals surface area contributed by atoms with Crippen LogP contribution in [-0.4, -0.2) is 49.8 Å². The van der Waals surface area contributed by atoms with E-state index in [0.29, 0.717) is 33.6 Å². The van der Waals surface area contributed by atoms with Gasteiger partial charge in [-0.05, 0) is 17.7 Å². The molecule has 0 aliphatic carbocycles. The van der Waals surface area contributed by atoms with Crippen LogP contribution in [0.2, 0.25) is 10.0 Å². The molecule has 1 fully saturated rings. The minimum absolute atomic E-state index is 0.330. The number of nitrogens with zero attached hydrogens (tertiary/aromatic N) is 2. The van der Waals surface area contributed by atoms with Crippen molar-refractivity contribution in [1.29, 1.82) is 0 Å². The van der Waals surface area contributed by atoms with Gasteiger partial charge in [-0.2, -0.15) is 0 Å². The minimum Gasteiger partial charge on any atom is -0.394 e. The molecule has 0 amide bonds. The van der Waals surface area contributed by atoms with Gasteiger partial charge in [0.1, 0.15) is 18.3 Å². The van der Waals surface area contributed by atoms with Gasteiger partial charge in [-0.3, -0.25) is 4.57 Å². The lowest BCUT2D eigenvalue weighted by molar-refractivity contribution is -0.0499. The van der Waals surface area contributed by atoms with E-state index in [9.17, 15) is 15.3 Å². The SMILES string of the molecule is OC[C@H]1O[C@@H](n2c(NCc3ccccc3)nc3cc(Cl)c(Cl)cc32)[C@H](O)[C@@H]1O. The summed E-state index contributed by atoms with van der Waals surface area (Å²) in [5, 5.41) is 34.0. The predicted molar refractivity (Wildman–Crippen MR) is 107 cm³/mol. The summed E-state index contributed by atoms with van der Waals surface area (Å²) in [7, 11) is 0. The zero-order valence-electron chi connectivity index (χ0n) is 14.7. The molecule has 1 aliphatic rings. The molecule has 4 N–H and O–H groups in total. The van der Waals surface area contributed by atoms with Crippen molar-refractivity contribution in [1.82, 2.24) is 9.55 Å². The van der Waals surface area contributed by atoms with E-state index < -0.39 is 31.1 Å². The van der Waals surface area contributed by atoms with E-state index in [0.717, 1.165) is 5.56 Å². The summed E-state index contributed by atoms with van der Waals surface area (Å²) in [5.74, 6) is 0.423. The summed E-state index contributed by atoms with van der Waals surface area (Å²) in [6, 6.07) is 13.0. The van der Waals surface area contributed by atoms with E-state index in [1.807, 2.05) is 30.3 Å². The topological polar surface area (TPSA) is 99.8 Å². The molecule has 1 aromatic heterocycles. The average molecular weight is 424 g/mol. The molecule has 0 bridgehead atoms. The number of rotatable bonds is 5. The number of fused-ring (bicyclic) bond motifs is 1. The fraction of sp³-hybridized carbons (Fsp3) is 0.316. The molecule has 7 nitrogen and oxygen atoms in total. The van der Waals surface area contributed by atoms with E-state index in [-0.39, 0.29) is 0 Å². The lowest BCUT2D eigenvalue weighted by Crippen LogP contribution is -2.33. The van der Waals surface area contributed by atoms with Gasteiger partial charge >= 0.3 is 0 Å². The smallest absolute Gasteiger partial charge is 0.206 e. The molecule has 1 aliphatic heterocycles. The monoisotopic (exact) mass is 423 g/mol. The number of ether oxygens (including phenoxy) is 1. The molecular formula is C19H19Cl2N3O4. The molecule has 0 unspecified atom stereocenters. The summed E-state index contributed by atoms with van der Waals surface area (Å²) in [5.41, 5.74) is 2.18. The maximum absolute atomic E-state index is 10.5. The Kier molecular flexibility index (Phi) is 5.46. The number of benzene rings is 2. The summed E-state index contributed by atoms with van der Waals surface area (Å²) >= 11 is 12.3. The predicted octanol–water partition coefficient (Wildman–Crippen LogP) is 2.57. The molecule has 0 saturated carbocycles. The van der Waals surface area contributed by atoms with Crippen molar-refractivity contribution < 1.29 is 20.1 Å². The third-order valence-electron chi connectivity index (χ3n) is 4.80. The Morgan fingerprint density at radius 2 is 1.79 bits per heavy atom. The highest BCUT2D eigenvalue weighted by atomic mass is 35.5. The van der Waals surface area contributed by atoms with Crippen LogP contribution in [0.25, 0.3) is 11.0 Å². The second-order valence-corrected chi connectivity index (χ2v) is 7.44. The van der Waals surface area contributed by atoms with Crippen LogP contribution in [0.4, 0.5) is 5.95 Å². The van der Waals surface area contributed by atoms with Crippen molar-refractivity contribution in [3.05, 3.63) is 58.1 Å². The highest BCUT2D eigenvalue weighted by molar-refractivity contribution is 6.42. The van der Waals surface area contributed by atoms with Crippen molar-refractivity contribution >= 4 is 40.2 Å². The van der Waals surface area contributed by atoms with Crippen molar-refractivity contribution in [2.24, 2.45) is 0 Å². The molecule has 4 atom stereocenters. The Bertz CT molecular complexity index is 982. The zero-order chi connectivity index (χ0) is 19.8. The number of aliphatic hydroxyl groups is 3. The number of aromatic nitrogens is 2. The molecule has 2 heterocycles. The van der Waals surface area contributed by atoms with Gasteiger partial charge < -0.3 is 25.4 Å². The fourth-order valence-corrected chi connectivity index (χ4v) is 3.66. The van der Waals surface area contributed by atoms with Crippen molar-refractivity contribution in [2.75, 3.05) is 11.9 Å². The van der Waals surface area contributed by atoms with Crippen LogP contribution in [0.5, 0.6) is 0 Å². The Morgan fingerprint density at radius 1 is 1.07 bits per heavy atom. The summed E-state index contributed by atoms with van der Waals surface area (Å²) in [6.45, 7) is 0.0706. The maximum atomic E-state index is 10.5. The number of hydrogen-bond acceptors (Lipinski definition) is 6. The first-order chi connectivity index (χ1) is 13.5. The van der Waals surface area contributed by atoms with Gasteiger partial charge in [0.25, 0.3) is 0 Å². The number of hydrogen-bond donors (Lipinski definition) is 4. The van der Waals surface area contributed by atoms with E-state index in [1.165, 1.54) is 0 Å². The third-order valence-corrected chi connectivity index (χ3v) is 5.52. The van der Waals surface area contributed by atoms with Gasteiger partial charge in [0.15, 0.2) is 6.23 Å². The zero-order valence-corrected chi connectivity index (χ0v) is 16.2.